The Balaban J connectivity index is 1.70. The minimum Gasteiger partial charge on any atom is -0.389 e. The third kappa shape index (κ3) is 3.94. The fourth-order valence-corrected chi connectivity index (χ4v) is 3.13. The van der Waals surface area contributed by atoms with Gasteiger partial charge in [0.1, 0.15) is 0 Å². The molecule has 0 aromatic carbocycles. The maximum atomic E-state index is 10.5. The summed E-state index contributed by atoms with van der Waals surface area (Å²) >= 11 is 0. The normalized spacial score (nSPS) is 43.6. The van der Waals surface area contributed by atoms with Gasteiger partial charge >= 0.3 is 0 Å². The standard InChI is InChI=1S/C14H28N2O/c1-11-6-8-14(17,9-7-11)10-16-13-4-2-12(15)3-5-13/h11-13,16-17H,2-10,15H2,1H3. The third-order valence-corrected chi connectivity index (χ3v) is 4.70. The van der Waals surface area contributed by atoms with Crippen LogP contribution in [-0.2, 0) is 0 Å². The van der Waals surface area contributed by atoms with E-state index in [1.54, 1.807) is 0 Å². The average Bonchev–Trinajstić information content (AvgIpc) is 2.33. The van der Waals surface area contributed by atoms with E-state index in [1.165, 1.54) is 25.7 Å². The maximum absolute atomic E-state index is 10.5. The van der Waals surface area contributed by atoms with Crippen LogP contribution in [0.1, 0.15) is 58.3 Å². The van der Waals surface area contributed by atoms with Gasteiger partial charge in [0.25, 0.3) is 0 Å². The number of rotatable bonds is 3. The van der Waals surface area contributed by atoms with Gasteiger partial charge in [-0.05, 0) is 57.3 Å². The van der Waals surface area contributed by atoms with Gasteiger partial charge in [0.15, 0.2) is 0 Å². The predicted octanol–water partition coefficient (Wildman–Crippen LogP) is 1.79. The van der Waals surface area contributed by atoms with Crippen molar-refractivity contribution in [2.45, 2.75) is 76.0 Å². The van der Waals surface area contributed by atoms with E-state index in [1.807, 2.05) is 0 Å². The molecule has 0 aromatic heterocycles. The van der Waals surface area contributed by atoms with E-state index in [-0.39, 0.29) is 0 Å². The Morgan fingerprint density at radius 2 is 1.71 bits per heavy atom. The van der Waals surface area contributed by atoms with Crippen molar-refractivity contribution < 1.29 is 5.11 Å². The summed E-state index contributed by atoms with van der Waals surface area (Å²) in [5.74, 6) is 0.794. The van der Waals surface area contributed by atoms with Gasteiger partial charge in [-0.15, -0.1) is 0 Å². The number of nitrogens with two attached hydrogens (primary N) is 1. The summed E-state index contributed by atoms with van der Waals surface area (Å²) in [5, 5.41) is 14.0. The Kier molecular flexibility index (Phi) is 4.45. The van der Waals surface area contributed by atoms with Crippen LogP contribution in [0.5, 0.6) is 0 Å². The van der Waals surface area contributed by atoms with Gasteiger partial charge in [0.05, 0.1) is 5.60 Å². The van der Waals surface area contributed by atoms with E-state index >= 15 is 0 Å². The second-order valence-corrected chi connectivity index (χ2v) is 6.40. The second-order valence-electron chi connectivity index (χ2n) is 6.40. The highest BCUT2D eigenvalue weighted by Gasteiger charge is 2.32. The maximum Gasteiger partial charge on any atom is 0.0771 e. The lowest BCUT2D eigenvalue weighted by atomic mass is 9.79. The fraction of sp³-hybridized carbons (Fsp3) is 1.00. The summed E-state index contributed by atoms with van der Waals surface area (Å²) < 4.78 is 0. The smallest absolute Gasteiger partial charge is 0.0771 e. The van der Waals surface area contributed by atoms with Crippen molar-refractivity contribution in [3.8, 4) is 0 Å². The van der Waals surface area contributed by atoms with E-state index in [2.05, 4.69) is 12.2 Å². The highest BCUT2D eigenvalue weighted by molar-refractivity contribution is 4.88. The van der Waals surface area contributed by atoms with Crippen molar-refractivity contribution in [2.75, 3.05) is 6.54 Å². The summed E-state index contributed by atoms with van der Waals surface area (Å²) in [4.78, 5) is 0. The van der Waals surface area contributed by atoms with Crippen LogP contribution in [0.25, 0.3) is 0 Å². The molecule has 0 amide bonds. The first-order chi connectivity index (χ1) is 8.07. The average molecular weight is 240 g/mol. The van der Waals surface area contributed by atoms with Crippen LogP contribution in [0.2, 0.25) is 0 Å². The second kappa shape index (κ2) is 5.68. The molecular weight excluding hydrogens is 212 g/mol. The molecule has 0 spiro atoms. The van der Waals surface area contributed by atoms with E-state index < -0.39 is 5.60 Å². The highest BCUT2D eigenvalue weighted by atomic mass is 16.3. The molecule has 2 saturated carbocycles. The zero-order valence-electron chi connectivity index (χ0n) is 11.1. The van der Waals surface area contributed by atoms with Crippen molar-refractivity contribution in [3.63, 3.8) is 0 Å². The molecule has 2 rings (SSSR count). The molecule has 100 valence electrons. The largest absolute Gasteiger partial charge is 0.389 e. The van der Waals surface area contributed by atoms with Crippen LogP contribution in [-0.4, -0.2) is 29.3 Å². The zero-order chi connectivity index (χ0) is 12.3. The van der Waals surface area contributed by atoms with E-state index in [0.717, 1.165) is 38.1 Å². The molecule has 2 fully saturated rings. The Labute approximate surface area is 105 Å². The van der Waals surface area contributed by atoms with Gasteiger partial charge in [-0.1, -0.05) is 6.92 Å². The van der Waals surface area contributed by atoms with Gasteiger partial charge in [-0.25, -0.2) is 0 Å². The topological polar surface area (TPSA) is 58.3 Å². The van der Waals surface area contributed by atoms with Crippen LogP contribution in [0, 0.1) is 5.92 Å². The first-order valence-electron chi connectivity index (χ1n) is 7.29. The molecule has 0 unspecified atom stereocenters. The predicted molar refractivity (Wildman–Crippen MR) is 70.8 cm³/mol. The van der Waals surface area contributed by atoms with E-state index in [4.69, 9.17) is 5.73 Å². The summed E-state index contributed by atoms with van der Waals surface area (Å²) in [5.41, 5.74) is 5.46. The Bertz CT molecular complexity index is 228. The number of hydrogen-bond acceptors (Lipinski definition) is 3. The molecule has 17 heavy (non-hydrogen) atoms. The van der Waals surface area contributed by atoms with Crippen LogP contribution < -0.4 is 11.1 Å². The third-order valence-electron chi connectivity index (χ3n) is 4.70. The lowest BCUT2D eigenvalue weighted by Crippen LogP contribution is -2.48. The molecule has 0 aromatic rings. The minimum absolute atomic E-state index is 0.409. The summed E-state index contributed by atoms with van der Waals surface area (Å²) in [6.07, 6.45) is 8.89. The van der Waals surface area contributed by atoms with Gasteiger partial charge < -0.3 is 16.2 Å². The number of aliphatic hydroxyl groups is 1. The fourth-order valence-electron chi connectivity index (χ4n) is 3.13. The molecule has 2 aliphatic carbocycles. The Morgan fingerprint density at radius 3 is 2.29 bits per heavy atom. The van der Waals surface area contributed by atoms with Crippen molar-refractivity contribution in [2.24, 2.45) is 11.7 Å². The summed E-state index contributed by atoms with van der Waals surface area (Å²) in [7, 11) is 0. The van der Waals surface area contributed by atoms with E-state index in [9.17, 15) is 5.11 Å². The van der Waals surface area contributed by atoms with Crippen LogP contribution in [0.4, 0.5) is 0 Å². The molecule has 0 saturated heterocycles. The van der Waals surface area contributed by atoms with Crippen molar-refractivity contribution in [1.82, 2.24) is 5.32 Å². The molecule has 0 radical (unpaired) electrons. The van der Waals surface area contributed by atoms with Crippen LogP contribution in [0.15, 0.2) is 0 Å². The van der Waals surface area contributed by atoms with Crippen LogP contribution >= 0.6 is 0 Å². The lowest BCUT2D eigenvalue weighted by molar-refractivity contribution is -0.00909. The highest BCUT2D eigenvalue weighted by Crippen LogP contribution is 2.31. The van der Waals surface area contributed by atoms with Crippen molar-refractivity contribution in [1.29, 1.82) is 0 Å². The van der Waals surface area contributed by atoms with Crippen molar-refractivity contribution >= 4 is 0 Å². The van der Waals surface area contributed by atoms with Gasteiger partial charge in [-0.3, -0.25) is 0 Å². The zero-order valence-corrected chi connectivity index (χ0v) is 11.1. The van der Waals surface area contributed by atoms with Gasteiger partial charge in [0, 0.05) is 18.6 Å². The molecule has 0 heterocycles. The van der Waals surface area contributed by atoms with Crippen LogP contribution in [0.3, 0.4) is 0 Å². The summed E-state index contributed by atoms with van der Waals surface area (Å²) in [6, 6.07) is 0.991. The molecule has 3 heteroatoms. The van der Waals surface area contributed by atoms with E-state index in [0.29, 0.717) is 12.1 Å². The quantitative estimate of drug-likeness (QED) is 0.705. The molecular formula is C14H28N2O. The Hall–Kier alpha value is -0.120. The molecule has 2 aliphatic rings. The number of hydrogen-bond donors (Lipinski definition) is 3. The molecule has 3 nitrogen and oxygen atoms in total. The molecule has 4 N–H and O–H groups in total. The lowest BCUT2D eigenvalue weighted by Gasteiger charge is -2.37. The van der Waals surface area contributed by atoms with Gasteiger partial charge in [0.2, 0.25) is 0 Å². The first-order valence-corrected chi connectivity index (χ1v) is 7.29. The van der Waals surface area contributed by atoms with Crippen molar-refractivity contribution in [3.05, 3.63) is 0 Å². The first kappa shape index (κ1) is 13.3. The molecule has 0 bridgehead atoms. The Morgan fingerprint density at radius 1 is 1.12 bits per heavy atom. The minimum atomic E-state index is -0.438. The molecule has 0 atom stereocenters. The summed E-state index contributed by atoms with van der Waals surface area (Å²) in [6.45, 7) is 3.06. The SMILES string of the molecule is CC1CCC(O)(CNC2CCC(N)CC2)CC1. The monoisotopic (exact) mass is 240 g/mol. The number of nitrogens with one attached hydrogen (secondary N) is 1. The molecule has 0 aliphatic heterocycles. The van der Waals surface area contributed by atoms with Gasteiger partial charge in [-0.2, -0.15) is 0 Å².